The maximum atomic E-state index is 5.54. The Balaban J connectivity index is 1.59. The highest BCUT2D eigenvalue weighted by atomic mass is 32.2. The molecule has 6 heteroatoms. The minimum atomic E-state index is 0.334. The SMILES string of the molecule is CN=C(NCC(c1ccccc1)N1CCOCC1)NC1CCC(SC)C1. The number of hydrogen-bond donors (Lipinski definition) is 2. The van der Waals surface area contributed by atoms with E-state index in [0.29, 0.717) is 12.1 Å². The third kappa shape index (κ3) is 5.38. The fourth-order valence-electron chi connectivity index (χ4n) is 3.89. The molecule has 0 amide bonds. The van der Waals surface area contributed by atoms with E-state index in [-0.39, 0.29) is 0 Å². The summed E-state index contributed by atoms with van der Waals surface area (Å²) in [5.41, 5.74) is 1.35. The van der Waals surface area contributed by atoms with Crippen molar-refractivity contribution in [2.45, 2.75) is 36.6 Å². The van der Waals surface area contributed by atoms with Crippen LogP contribution in [0.25, 0.3) is 0 Å². The number of hydrogen-bond acceptors (Lipinski definition) is 4. The Morgan fingerprint density at radius 3 is 2.69 bits per heavy atom. The molecule has 3 rings (SSSR count). The highest BCUT2D eigenvalue weighted by Gasteiger charge is 2.26. The molecular formula is C20H32N4OS. The average molecular weight is 377 g/mol. The molecule has 144 valence electrons. The number of benzene rings is 1. The van der Waals surface area contributed by atoms with E-state index in [9.17, 15) is 0 Å². The molecule has 3 atom stereocenters. The number of thioether (sulfide) groups is 1. The molecule has 1 saturated heterocycles. The molecule has 0 spiro atoms. The molecule has 0 aromatic heterocycles. The molecule has 2 fully saturated rings. The zero-order valence-corrected chi connectivity index (χ0v) is 16.8. The summed E-state index contributed by atoms with van der Waals surface area (Å²) in [4.78, 5) is 6.97. The molecule has 1 aliphatic heterocycles. The molecule has 2 N–H and O–H groups in total. The predicted octanol–water partition coefficient (Wildman–Crippen LogP) is 2.51. The van der Waals surface area contributed by atoms with E-state index >= 15 is 0 Å². The second kappa shape index (κ2) is 10.2. The summed E-state index contributed by atoms with van der Waals surface area (Å²) in [5.74, 6) is 0.922. The first-order chi connectivity index (χ1) is 12.8. The van der Waals surface area contributed by atoms with Crippen LogP contribution in [-0.2, 0) is 4.74 Å². The Morgan fingerprint density at radius 1 is 1.27 bits per heavy atom. The van der Waals surface area contributed by atoms with Gasteiger partial charge in [0.15, 0.2) is 5.96 Å². The lowest BCUT2D eigenvalue weighted by Crippen LogP contribution is -2.48. The lowest BCUT2D eigenvalue weighted by Gasteiger charge is -2.35. The van der Waals surface area contributed by atoms with E-state index in [0.717, 1.165) is 44.1 Å². The number of nitrogens with one attached hydrogen (secondary N) is 2. The fraction of sp³-hybridized carbons (Fsp3) is 0.650. The highest BCUT2D eigenvalue weighted by Crippen LogP contribution is 2.28. The predicted molar refractivity (Wildman–Crippen MR) is 111 cm³/mol. The van der Waals surface area contributed by atoms with Crippen LogP contribution in [0, 0.1) is 0 Å². The summed E-state index contributed by atoms with van der Waals surface area (Å²) < 4.78 is 5.54. The van der Waals surface area contributed by atoms with Crippen LogP contribution in [0.2, 0.25) is 0 Å². The van der Waals surface area contributed by atoms with Crippen molar-refractivity contribution < 1.29 is 4.74 Å². The van der Waals surface area contributed by atoms with Gasteiger partial charge in [-0.3, -0.25) is 9.89 Å². The molecule has 3 unspecified atom stereocenters. The summed E-state index contributed by atoms with van der Waals surface area (Å²) in [6, 6.07) is 11.6. The van der Waals surface area contributed by atoms with Crippen molar-refractivity contribution in [3.63, 3.8) is 0 Å². The third-order valence-electron chi connectivity index (χ3n) is 5.42. The van der Waals surface area contributed by atoms with Gasteiger partial charge in [-0.25, -0.2) is 0 Å². The van der Waals surface area contributed by atoms with Gasteiger partial charge in [0.1, 0.15) is 0 Å². The lowest BCUT2D eigenvalue weighted by atomic mass is 10.0. The van der Waals surface area contributed by atoms with Gasteiger partial charge in [0.05, 0.1) is 19.3 Å². The minimum absolute atomic E-state index is 0.334. The Kier molecular flexibility index (Phi) is 7.65. The molecule has 1 aromatic carbocycles. The monoisotopic (exact) mass is 376 g/mol. The molecule has 0 bridgehead atoms. The number of guanidine groups is 1. The van der Waals surface area contributed by atoms with Crippen LogP contribution in [-0.4, -0.2) is 68.3 Å². The Hall–Kier alpha value is -1.24. The largest absolute Gasteiger partial charge is 0.379 e. The molecule has 5 nitrogen and oxygen atoms in total. The van der Waals surface area contributed by atoms with Gasteiger partial charge < -0.3 is 15.4 Å². The fourth-order valence-corrected chi connectivity index (χ4v) is 4.69. The Labute approximate surface area is 162 Å². The Morgan fingerprint density at radius 2 is 2.04 bits per heavy atom. The van der Waals surface area contributed by atoms with Gasteiger partial charge in [0.2, 0.25) is 0 Å². The van der Waals surface area contributed by atoms with E-state index in [1.54, 1.807) is 0 Å². The molecule has 0 radical (unpaired) electrons. The molecule has 1 aromatic rings. The highest BCUT2D eigenvalue weighted by molar-refractivity contribution is 7.99. The van der Waals surface area contributed by atoms with Crippen LogP contribution >= 0.6 is 11.8 Å². The van der Waals surface area contributed by atoms with Crippen molar-refractivity contribution in [2.75, 3.05) is 46.2 Å². The van der Waals surface area contributed by atoms with Crippen LogP contribution in [0.15, 0.2) is 35.3 Å². The second-order valence-corrected chi connectivity index (χ2v) is 8.18. The standard InChI is InChI=1S/C20H32N4OS/c1-21-20(23-17-8-9-18(14-17)26-2)22-15-19(16-6-4-3-5-7-16)24-10-12-25-13-11-24/h3-7,17-19H,8-15H2,1-2H3,(H2,21,22,23). The van der Waals surface area contributed by atoms with Gasteiger partial charge in [-0.1, -0.05) is 30.3 Å². The van der Waals surface area contributed by atoms with Crippen molar-refractivity contribution >= 4 is 17.7 Å². The van der Waals surface area contributed by atoms with Crippen LogP contribution in [0.5, 0.6) is 0 Å². The first-order valence-electron chi connectivity index (χ1n) is 9.67. The van der Waals surface area contributed by atoms with E-state index in [2.05, 4.69) is 57.1 Å². The summed E-state index contributed by atoms with van der Waals surface area (Å²) in [5, 5.41) is 7.98. The molecular weight excluding hydrogens is 344 g/mol. The molecule has 2 aliphatic rings. The smallest absolute Gasteiger partial charge is 0.191 e. The summed E-state index contributed by atoms with van der Waals surface area (Å²) in [6.45, 7) is 4.43. The Bertz CT molecular complexity index is 562. The third-order valence-corrected chi connectivity index (χ3v) is 6.51. The van der Waals surface area contributed by atoms with Gasteiger partial charge in [0.25, 0.3) is 0 Å². The topological polar surface area (TPSA) is 48.9 Å². The maximum absolute atomic E-state index is 5.54. The normalized spacial score (nSPS) is 25.8. The number of rotatable bonds is 6. The van der Waals surface area contributed by atoms with E-state index in [1.165, 1.54) is 24.8 Å². The van der Waals surface area contributed by atoms with E-state index < -0.39 is 0 Å². The van der Waals surface area contributed by atoms with Crippen LogP contribution in [0.1, 0.15) is 30.9 Å². The van der Waals surface area contributed by atoms with Crippen molar-refractivity contribution in [3.8, 4) is 0 Å². The zero-order chi connectivity index (χ0) is 18.2. The number of morpholine rings is 1. The van der Waals surface area contributed by atoms with Crippen molar-refractivity contribution in [1.82, 2.24) is 15.5 Å². The second-order valence-electron chi connectivity index (χ2n) is 7.04. The van der Waals surface area contributed by atoms with E-state index in [4.69, 9.17) is 4.74 Å². The van der Waals surface area contributed by atoms with Gasteiger partial charge in [0, 0.05) is 38.0 Å². The van der Waals surface area contributed by atoms with Gasteiger partial charge in [-0.15, -0.1) is 0 Å². The molecule has 1 heterocycles. The van der Waals surface area contributed by atoms with Gasteiger partial charge >= 0.3 is 0 Å². The number of nitrogens with zero attached hydrogens (tertiary/aromatic N) is 2. The van der Waals surface area contributed by atoms with Gasteiger partial charge in [-0.05, 0) is 31.1 Å². The zero-order valence-electron chi connectivity index (χ0n) is 16.0. The quantitative estimate of drug-likeness (QED) is 0.590. The van der Waals surface area contributed by atoms with Crippen molar-refractivity contribution in [2.24, 2.45) is 4.99 Å². The first-order valence-corrected chi connectivity index (χ1v) is 11.0. The number of ether oxygens (including phenoxy) is 1. The van der Waals surface area contributed by atoms with Crippen LogP contribution in [0.3, 0.4) is 0 Å². The van der Waals surface area contributed by atoms with Crippen molar-refractivity contribution in [3.05, 3.63) is 35.9 Å². The van der Waals surface area contributed by atoms with Gasteiger partial charge in [-0.2, -0.15) is 11.8 Å². The number of aliphatic imine (C=N–C) groups is 1. The summed E-state index contributed by atoms with van der Waals surface area (Å²) >= 11 is 1.99. The van der Waals surface area contributed by atoms with Crippen LogP contribution in [0.4, 0.5) is 0 Å². The van der Waals surface area contributed by atoms with E-state index in [1.807, 2.05) is 18.8 Å². The average Bonchev–Trinajstić information content (AvgIpc) is 3.16. The molecule has 1 saturated carbocycles. The molecule has 1 aliphatic carbocycles. The minimum Gasteiger partial charge on any atom is -0.379 e. The molecule has 26 heavy (non-hydrogen) atoms. The first kappa shape index (κ1) is 19.5. The lowest BCUT2D eigenvalue weighted by molar-refractivity contribution is 0.0170. The summed E-state index contributed by atoms with van der Waals surface area (Å²) in [6.07, 6.45) is 5.98. The van der Waals surface area contributed by atoms with Crippen molar-refractivity contribution in [1.29, 1.82) is 0 Å². The summed E-state index contributed by atoms with van der Waals surface area (Å²) in [7, 11) is 1.86. The maximum Gasteiger partial charge on any atom is 0.191 e. The van der Waals surface area contributed by atoms with Crippen LogP contribution < -0.4 is 10.6 Å².